The minimum atomic E-state index is 0.190. The van der Waals surface area contributed by atoms with Gasteiger partial charge in [0.05, 0.1) is 33.2 Å². The van der Waals surface area contributed by atoms with Crippen molar-refractivity contribution in [1.82, 2.24) is 24.5 Å². The fraction of sp³-hybridized carbons (Fsp3) is 0.0118. The molecule has 0 spiro atoms. The second-order valence-electron chi connectivity index (χ2n) is 24.5. The quantitative estimate of drug-likeness (QED) is 0.161. The van der Waals surface area contributed by atoms with Gasteiger partial charge in [0.15, 0.2) is 0 Å². The van der Waals surface area contributed by atoms with E-state index < -0.39 is 0 Å². The average Bonchev–Trinajstić information content (AvgIpc) is 1.57. The van der Waals surface area contributed by atoms with Crippen molar-refractivity contribution in [1.29, 1.82) is 0 Å². The maximum absolute atomic E-state index is 6.53. The molecule has 0 unspecified atom stereocenters. The van der Waals surface area contributed by atoms with Gasteiger partial charge in [-0.25, -0.2) is 9.97 Å². The standard InChI is InChI=1S/C42H23N3O2.C27H16O.C16H9ClN2O/c1-2-11-25(12-3-1)39-38-30-16-8-9-17-35(30)47-41(38)44-42(43-39)45-34-22-33-32-20-26-13-4-5-14-27(26)21-36(32)46-37(33)23-31(34)29-19-18-24-10-6-7-15-28(24)40(29)45;1-2-7-18-14-26-24(11-17(18)6-1)25-13-19-12-23-20-8-4-3-5-16(20)9-10-21(23)22(19)15-27(25)28-26;17-16-18-14(10-6-2-1-3-7-10)13-11-8-4-5-9-12(11)20-15(13)19-16/h1-23H;1-11,13-15H,12H2;1-9H. The third kappa shape index (κ3) is 8.43. The van der Waals surface area contributed by atoms with Crippen molar-refractivity contribution >= 4 is 165 Å². The molecule has 444 valence electrons. The molecule has 95 heavy (non-hydrogen) atoms. The van der Waals surface area contributed by atoms with Crippen LogP contribution in [0.3, 0.4) is 0 Å². The third-order valence-electron chi connectivity index (χ3n) is 19.1. The van der Waals surface area contributed by atoms with Crippen LogP contribution in [0, 0.1) is 0 Å². The van der Waals surface area contributed by atoms with Crippen LogP contribution in [-0.4, -0.2) is 24.5 Å². The summed E-state index contributed by atoms with van der Waals surface area (Å²) in [5.41, 5.74) is 17.5. The highest BCUT2D eigenvalue weighted by Gasteiger charge is 2.26. The first-order valence-electron chi connectivity index (χ1n) is 31.7. The lowest BCUT2D eigenvalue weighted by molar-refractivity contribution is 0.651. The van der Waals surface area contributed by atoms with E-state index in [2.05, 4.69) is 203 Å². The van der Waals surface area contributed by atoms with E-state index >= 15 is 0 Å². The van der Waals surface area contributed by atoms with Gasteiger partial charge < -0.3 is 17.7 Å². The first-order valence-corrected chi connectivity index (χ1v) is 32.1. The molecule has 1 aliphatic rings. The van der Waals surface area contributed by atoms with Gasteiger partial charge >= 0.3 is 0 Å². The molecule has 0 saturated carbocycles. The van der Waals surface area contributed by atoms with Crippen LogP contribution < -0.4 is 0 Å². The van der Waals surface area contributed by atoms with Crippen molar-refractivity contribution in [2.24, 2.45) is 0 Å². The first kappa shape index (κ1) is 53.3. The van der Waals surface area contributed by atoms with E-state index in [0.29, 0.717) is 17.4 Å². The maximum Gasteiger partial charge on any atom is 0.238 e. The molecule has 0 fully saturated rings. The molecule has 7 aromatic heterocycles. The van der Waals surface area contributed by atoms with Crippen LogP contribution in [0.15, 0.2) is 297 Å². The lowest BCUT2D eigenvalue weighted by atomic mass is 9.99. The van der Waals surface area contributed by atoms with Gasteiger partial charge in [0.25, 0.3) is 0 Å². The predicted octanol–water partition coefficient (Wildman–Crippen LogP) is 23.5. The summed E-state index contributed by atoms with van der Waals surface area (Å²) < 4.78 is 27.2. The largest absolute Gasteiger partial charge is 0.456 e. The number of rotatable bonds is 3. The summed E-state index contributed by atoms with van der Waals surface area (Å²) in [6, 6.07) is 96.9. The van der Waals surface area contributed by atoms with Crippen LogP contribution >= 0.6 is 11.6 Å². The molecule has 0 amide bonds. The van der Waals surface area contributed by atoms with Crippen molar-refractivity contribution in [3.8, 4) is 39.6 Å². The Bertz CT molecular complexity index is 6780. The Labute approximate surface area is 544 Å². The van der Waals surface area contributed by atoms with Crippen molar-refractivity contribution in [2.45, 2.75) is 6.42 Å². The van der Waals surface area contributed by atoms with Gasteiger partial charge in [0.1, 0.15) is 33.5 Å². The molecule has 0 saturated heterocycles. The van der Waals surface area contributed by atoms with Crippen LogP contribution in [0.5, 0.6) is 0 Å². The first-order chi connectivity index (χ1) is 47.0. The average molecular weight is 1240 g/mol. The van der Waals surface area contributed by atoms with Crippen LogP contribution in [0.2, 0.25) is 5.28 Å². The molecule has 14 aromatic carbocycles. The molecular formula is C85H48ClN5O4. The summed E-state index contributed by atoms with van der Waals surface area (Å²) in [5.74, 6) is 0.560. The molecule has 0 bridgehead atoms. The predicted molar refractivity (Wildman–Crippen MR) is 388 cm³/mol. The van der Waals surface area contributed by atoms with E-state index in [0.717, 1.165) is 133 Å². The smallest absolute Gasteiger partial charge is 0.238 e. The summed E-state index contributed by atoms with van der Waals surface area (Å²) in [4.78, 5) is 19.1. The monoisotopic (exact) mass is 1240 g/mol. The minimum Gasteiger partial charge on any atom is -0.456 e. The van der Waals surface area contributed by atoms with Gasteiger partial charge in [-0.05, 0) is 139 Å². The highest BCUT2D eigenvalue weighted by Crippen LogP contribution is 2.47. The molecule has 21 aromatic rings. The summed E-state index contributed by atoms with van der Waals surface area (Å²) in [6.07, 6.45) is 0.988. The van der Waals surface area contributed by atoms with Crippen molar-refractivity contribution < 1.29 is 17.7 Å². The molecule has 22 rings (SSSR count). The molecule has 0 radical (unpaired) electrons. The maximum atomic E-state index is 6.53. The van der Waals surface area contributed by atoms with Crippen molar-refractivity contribution in [2.75, 3.05) is 0 Å². The Hall–Kier alpha value is -12.4. The molecular weight excluding hydrogens is 1190 g/mol. The second kappa shape index (κ2) is 20.8. The third-order valence-corrected chi connectivity index (χ3v) is 19.3. The number of benzene rings is 14. The van der Waals surface area contributed by atoms with Crippen LogP contribution in [-0.2, 0) is 6.42 Å². The zero-order valence-corrected chi connectivity index (χ0v) is 51.3. The minimum absolute atomic E-state index is 0.190. The summed E-state index contributed by atoms with van der Waals surface area (Å²) in [5, 5.41) is 20.5. The lowest BCUT2D eigenvalue weighted by Gasteiger charge is -2.11. The summed E-state index contributed by atoms with van der Waals surface area (Å²) >= 11 is 6.02. The molecule has 0 N–H and O–H groups in total. The molecule has 10 heteroatoms. The fourth-order valence-electron chi connectivity index (χ4n) is 14.8. The number of furan rings is 4. The summed E-state index contributed by atoms with van der Waals surface area (Å²) in [6.45, 7) is 0. The molecule has 0 atom stereocenters. The topological polar surface area (TPSA) is 109 Å². The van der Waals surface area contributed by atoms with Crippen LogP contribution in [0.1, 0.15) is 11.1 Å². The highest BCUT2D eigenvalue weighted by atomic mass is 35.5. The van der Waals surface area contributed by atoms with Gasteiger partial charge in [-0.3, -0.25) is 4.57 Å². The number of para-hydroxylation sites is 2. The second-order valence-corrected chi connectivity index (χ2v) is 24.8. The van der Waals surface area contributed by atoms with Gasteiger partial charge in [0.2, 0.25) is 22.7 Å². The number of hydrogen-bond acceptors (Lipinski definition) is 8. The Morgan fingerprint density at radius 1 is 0.305 bits per heavy atom. The zero-order valence-electron chi connectivity index (χ0n) is 50.5. The number of halogens is 1. The van der Waals surface area contributed by atoms with Gasteiger partial charge in [-0.2, -0.15) is 9.97 Å². The van der Waals surface area contributed by atoms with Gasteiger partial charge in [-0.1, -0.05) is 218 Å². The van der Waals surface area contributed by atoms with E-state index in [1.807, 2.05) is 91.0 Å². The number of nitrogens with zero attached hydrogens (tertiary/aromatic N) is 5. The Balaban J connectivity index is 0.000000109. The van der Waals surface area contributed by atoms with Crippen LogP contribution in [0.25, 0.3) is 193 Å². The number of hydrogen-bond donors (Lipinski definition) is 0. The Morgan fingerprint density at radius 2 is 0.779 bits per heavy atom. The molecule has 7 heterocycles. The fourth-order valence-corrected chi connectivity index (χ4v) is 14.9. The van der Waals surface area contributed by atoms with E-state index in [4.69, 9.17) is 39.2 Å². The number of fused-ring (bicyclic) bond motifs is 24. The van der Waals surface area contributed by atoms with Gasteiger partial charge in [-0.15, -0.1) is 0 Å². The van der Waals surface area contributed by atoms with E-state index in [-0.39, 0.29) is 5.28 Å². The number of aromatic nitrogens is 5. The van der Waals surface area contributed by atoms with Crippen molar-refractivity contribution in [3.63, 3.8) is 0 Å². The van der Waals surface area contributed by atoms with Crippen LogP contribution in [0.4, 0.5) is 0 Å². The van der Waals surface area contributed by atoms with E-state index in [1.165, 1.54) is 60.0 Å². The molecule has 1 aliphatic carbocycles. The highest BCUT2D eigenvalue weighted by molar-refractivity contribution is 6.29. The van der Waals surface area contributed by atoms with Crippen molar-refractivity contribution in [3.05, 3.63) is 295 Å². The zero-order chi connectivity index (χ0) is 62.4. The Kier molecular flexibility index (Phi) is 11.7. The summed E-state index contributed by atoms with van der Waals surface area (Å²) in [7, 11) is 0. The lowest BCUT2D eigenvalue weighted by Crippen LogP contribution is -2.03. The van der Waals surface area contributed by atoms with E-state index in [1.54, 1.807) is 0 Å². The molecule has 9 nitrogen and oxygen atoms in total. The molecule has 0 aliphatic heterocycles. The normalized spacial score (nSPS) is 12.2. The SMILES string of the molecule is Clc1nc(-c2ccccc2)c2c(n1)oc1ccccc12.c1ccc(-c2nc(-n3c4cc5c(cc4c4ccc6ccccc6c43)oc3cc4ccccc4cc35)nc3oc4ccccc4c23)cc1.c1ccc2cc3c(cc2c1)oc1cc2c(cc13)Cc1c-2ccc2ccccc12. The van der Waals surface area contributed by atoms with Gasteiger partial charge in [0, 0.05) is 59.6 Å². The Morgan fingerprint density at radius 3 is 1.41 bits per heavy atom. The van der Waals surface area contributed by atoms with E-state index in [9.17, 15) is 0 Å².